The summed E-state index contributed by atoms with van der Waals surface area (Å²) < 4.78 is 5.37. The normalized spacial score (nSPS) is 38.7. The Kier molecular flexibility index (Phi) is 2.19. The molecule has 94 valence electrons. The topological polar surface area (TPSA) is 43.4 Å². The minimum Gasteiger partial charge on any atom is -0.458 e. The largest absolute Gasteiger partial charge is 0.458 e. The van der Waals surface area contributed by atoms with Crippen molar-refractivity contribution < 1.29 is 14.3 Å². The van der Waals surface area contributed by atoms with Gasteiger partial charge in [0.15, 0.2) is 5.78 Å². The number of allylic oxidation sites excluding steroid dienone is 4. The van der Waals surface area contributed by atoms with E-state index in [0.717, 1.165) is 17.6 Å². The third-order valence-corrected chi connectivity index (χ3v) is 4.58. The van der Waals surface area contributed by atoms with E-state index in [1.807, 2.05) is 13.0 Å². The molecule has 1 heterocycles. The van der Waals surface area contributed by atoms with Crippen molar-refractivity contribution in [1.82, 2.24) is 0 Å². The Morgan fingerprint density at radius 3 is 2.89 bits per heavy atom. The van der Waals surface area contributed by atoms with Crippen molar-refractivity contribution in [2.45, 2.75) is 32.8 Å². The molecule has 2 aliphatic carbocycles. The predicted octanol–water partition coefficient (Wildman–Crippen LogP) is 2.34. The highest BCUT2D eigenvalue weighted by atomic mass is 16.6. The molecule has 0 radical (unpaired) electrons. The van der Waals surface area contributed by atoms with Gasteiger partial charge in [0.25, 0.3) is 0 Å². The Morgan fingerprint density at radius 1 is 1.44 bits per heavy atom. The van der Waals surface area contributed by atoms with Gasteiger partial charge in [0, 0.05) is 16.9 Å². The van der Waals surface area contributed by atoms with E-state index in [9.17, 15) is 9.59 Å². The Balaban J connectivity index is 2.04. The molecule has 2 fully saturated rings. The van der Waals surface area contributed by atoms with Crippen molar-refractivity contribution in [2.75, 3.05) is 0 Å². The van der Waals surface area contributed by atoms with Crippen LogP contribution in [0.5, 0.6) is 0 Å². The monoisotopic (exact) mass is 244 g/mol. The van der Waals surface area contributed by atoms with Crippen LogP contribution < -0.4 is 0 Å². The molecule has 18 heavy (non-hydrogen) atoms. The number of ether oxygens (including phenoxy) is 1. The van der Waals surface area contributed by atoms with Crippen LogP contribution in [0.3, 0.4) is 0 Å². The molecule has 3 rings (SSSR count). The van der Waals surface area contributed by atoms with Crippen molar-refractivity contribution in [1.29, 1.82) is 0 Å². The molecule has 1 saturated heterocycles. The molecule has 0 amide bonds. The van der Waals surface area contributed by atoms with E-state index in [4.69, 9.17) is 4.74 Å². The van der Waals surface area contributed by atoms with Gasteiger partial charge >= 0.3 is 5.97 Å². The Bertz CT molecular complexity index is 538. The minimum absolute atomic E-state index is 0.0508. The molecular formula is C15H16O3. The van der Waals surface area contributed by atoms with E-state index < -0.39 is 0 Å². The number of carbonyl (C=O) groups excluding carboxylic acids is 2. The molecule has 3 nitrogen and oxygen atoms in total. The fourth-order valence-corrected chi connectivity index (χ4v) is 3.39. The third-order valence-electron chi connectivity index (χ3n) is 4.58. The summed E-state index contributed by atoms with van der Waals surface area (Å²) in [4.78, 5) is 23.3. The summed E-state index contributed by atoms with van der Waals surface area (Å²) in [7, 11) is 0. The summed E-state index contributed by atoms with van der Waals surface area (Å²) in [6, 6.07) is 0. The highest BCUT2D eigenvalue weighted by Crippen LogP contribution is 2.52. The second-order valence-electron chi connectivity index (χ2n) is 5.70. The van der Waals surface area contributed by atoms with E-state index in [0.29, 0.717) is 12.0 Å². The van der Waals surface area contributed by atoms with Gasteiger partial charge in [0.1, 0.15) is 6.10 Å². The van der Waals surface area contributed by atoms with E-state index >= 15 is 0 Å². The first-order valence-electron chi connectivity index (χ1n) is 6.26. The van der Waals surface area contributed by atoms with E-state index in [1.165, 1.54) is 0 Å². The molecule has 3 aliphatic rings. The maximum atomic E-state index is 11.8. The van der Waals surface area contributed by atoms with Crippen molar-refractivity contribution >= 4 is 11.8 Å². The van der Waals surface area contributed by atoms with Crippen LogP contribution in [0.2, 0.25) is 0 Å². The van der Waals surface area contributed by atoms with Gasteiger partial charge < -0.3 is 4.74 Å². The lowest BCUT2D eigenvalue weighted by Crippen LogP contribution is -2.37. The van der Waals surface area contributed by atoms with Crippen LogP contribution in [0.15, 0.2) is 35.5 Å². The van der Waals surface area contributed by atoms with Gasteiger partial charge in [0.05, 0.1) is 0 Å². The molecule has 0 unspecified atom stereocenters. The predicted molar refractivity (Wildman–Crippen MR) is 66.7 cm³/mol. The molecule has 3 atom stereocenters. The molecule has 3 heteroatoms. The lowest BCUT2D eigenvalue weighted by atomic mass is 9.63. The van der Waals surface area contributed by atoms with Gasteiger partial charge in [0.2, 0.25) is 0 Å². The average molecular weight is 244 g/mol. The fourth-order valence-electron chi connectivity index (χ4n) is 3.39. The van der Waals surface area contributed by atoms with Gasteiger partial charge in [-0.15, -0.1) is 0 Å². The van der Waals surface area contributed by atoms with Gasteiger partial charge in [-0.25, -0.2) is 4.79 Å². The standard InChI is InChI=1S/C15H16O3/c1-8-10-6-11-9(2)12(16)4-5-15(11,3)7-13(10)18-14(8)17/h4-5,10,13H,1,6-7H2,2-3H3/t10-,13+,15-/m1/s1. The second kappa shape index (κ2) is 3.44. The van der Waals surface area contributed by atoms with Crippen LogP contribution in [0.25, 0.3) is 0 Å². The first-order valence-corrected chi connectivity index (χ1v) is 6.26. The number of hydrogen-bond donors (Lipinski definition) is 0. The van der Waals surface area contributed by atoms with Crippen LogP contribution in [-0.4, -0.2) is 17.9 Å². The number of esters is 1. The number of hydrogen-bond acceptors (Lipinski definition) is 3. The summed E-state index contributed by atoms with van der Waals surface area (Å²) in [5.74, 6) is -0.146. The van der Waals surface area contributed by atoms with Crippen molar-refractivity contribution in [3.8, 4) is 0 Å². The van der Waals surface area contributed by atoms with Gasteiger partial charge in [-0.3, -0.25) is 4.79 Å². The highest BCUT2D eigenvalue weighted by Gasteiger charge is 2.49. The molecule has 0 spiro atoms. The van der Waals surface area contributed by atoms with E-state index in [2.05, 4.69) is 13.5 Å². The third kappa shape index (κ3) is 1.36. The quantitative estimate of drug-likeness (QED) is 0.485. The molecule has 1 aliphatic heterocycles. The van der Waals surface area contributed by atoms with E-state index in [1.54, 1.807) is 6.08 Å². The maximum Gasteiger partial charge on any atom is 0.334 e. The summed E-state index contributed by atoms with van der Waals surface area (Å²) in [5, 5.41) is 0. The number of rotatable bonds is 0. The van der Waals surface area contributed by atoms with Crippen molar-refractivity contribution in [3.63, 3.8) is 0 Å². The Morgan fingerprint density at radius 2 is 2.17 bits per heavy atom. The summed E-state index contributed by atoms with van der Waals surface area (Å²) in [6.45, 7) is 7.81. The van der Waals surface area contributed by atoms with E-state index in [-0.39, 0.29) is 29.2 Å². The molecule has 0 aromatic rings. The molecule has 0 N–H and O–H groups in total. The molecule has 0 aromatic heterocycles. The SMILES string of the molecule is C=C1C(=O)O[C@H]2C[C@@]3(C)C=CC(=O)C(C)=C3C[C@H]12. The molecule has 0 bridgehead atoms. The van der Waals surface area contributed by atoms with Crippen LogP contribution in [0, 0.1) is 11.3 Å². The fraction of sp³-hybridized carbons (Fsp3) is 0.467. The van der Waals surface area contributed by atoms with Crippen LogP contribution >= 0.6 is 0 Å². The number of ketones is 1. The zero-order valence-corrected chi connectivity index (χ0v) is 10.7. The summed E-state index contributed by atoms with van der Waals surface area (Å²) in [5.41, 5.74) is 2.38. The molecule has 0 aromatic carbocycles. The average Bonchev–Trinajstić information content (AvgIpc) is 2.58. The Labute approximate surface area is 106 Å². The zero-order chi connectivity index (χ0) is 13.1. The van der Waals surface area contributed by atoms with Gasteiger partial charge in [-0.2, -0.15) is 0 Å². The van der Waals surface area contributed by atoms with Crippen LogP contribution in [0.4, 0.5) is 0 Å². The minimum atomic E-state index is -0.277. The summed E-state index contributed by atoms with van der Waals surface area (Å²) >= 11 is 0. The van der Waals surface area contributed by atoms with Crippen molar-refractivity contribution in [3.05, 3.63) is 35.5 Å². The highest BCUT2D eigenvalue weighted by molar-refractivity contribution is 6.05. The van der Waals surface area contributed by atoms with Gasteiger partial charge in [-0.05, 0) is 31.4 Å². The number of fused-ring (bicyclic) bond motifs is 2. The lowest BCUT2D eigenvalue weighted by molar-refractivity contribution is -0.140. The first kappa shape index (κ1) is 11.5. The van der Waals surface area contributed by atoms with Crippen LogP contribution in [-0.2, 0) is 14.3 Å². The van der Waals surface area contributed by atoms with Crippen molar-refractivity contribution in [2.24, 2.45) is 11.3 Å². The lowest BCUT2D eigenvalue weighted by Gasteiger charge is -2.41. The summed E-state index contributed by atoms with van der Waals surface area (Å²) in [6.07, 6.45) is 4.99. The zero-order valence-electron chi connectivity index (χ0n) is 10.7. The van der Waals surface area contributed by atoms with Gasteiger partial charge in [-0.1, -0.05) is 25.2 Å². The molecule has 1 saturated carbocycles. The second-order valence-corrected chi connectivity index (χ2v) is 5.70. The van der Waals surface area contributed by atoms with Crippen LogP contribution in [0.1, 0.15) is 26.7 Å². The molecular weight excluding hydrogens is 228 g/mol. The Hall–Kier alpha value is -1.64. The smallest absolute Gasteiger partial charge is 0.334 e. The number of carbonyl (C=O) groups is 2. The first-order chi connectivity index (χ1) is 8.42. The maximum absolute atomic E-state index is 11.8.